The van der Waals surface area contributed by atoms with Crippen LogP contribution in [0, 0.1) is 5.82 Å². The molecule has 1 heterocycles. The molecule has 3 N–H and O–H groups in total. The number of carbonyl (C=O) groups is 1. The number of benzene rings is 1. The lowest BCUT2D eigenvalue weighted by molar-refractivity contribution is 0.0911. The van der Waals surface area contributed by atoms with Crippen LogP contribution < -0.4 is 5.32 Å². The number of hydrogen-bond donors (Lipinski definition) is 3. The zero-order chi connectivity index (χ0) is 15.4. The highest BCUT2D eigenvalue weighted by Crippen LogP contribution is 2.14. The number of nitrogens with zero attached hydrogens (tertiary/aromatic N) is 1. The SMILES string of the molecule is CC(C)c1cc(C(=O)NCC(O)c2ccc(F)cc2)n[nH]1. The molecule has 0 bridgehead atoms. The molecule has 1 aromatic heterocycles. The Balaban J connectivity index is 1.92. The van der Waals surface area contributed by atoms with Gasteiger partial charge in [-0.1, -0.05) is 26.0 Å². The number of amides is 1. The van der Waals surface area contributed by atoms with E-state index in [-0.39, 0.29) is 29.9 Å². The molecular weight excluding hydrogens is 273 g/mol. The Morgan fingerprint density at radius 3 is 2.62 bits per heavy atom. The van der Waals surface area contributed by atoms with E-state index in [1.165, 1.54) is 24.3 Å². The second kappa shape index (κ2) is 6.49. The van der Waals surface area contributed by atoms with Gasteiger partial charge in [-0.15, -0.1) is 0 Å². The zero-order valence-electron chi connectivity index (χ0n) is 11.9. The molecule has 1 unspecified atom stereocenters. The summed E-state index contributed by atoms with van der Waals surface area (Å²) in [6.07, 6.45) is -0.891. The summed E-state index contributed by atoms with van der Waals surface area (Å²) in [7, 11) is 0. The Kier molecular flexibility index (Phi) is 4.70. The number of carbonyl (C=O) groups excluding carboxylic acids is 1. The van der Waals surface area contributed by atoms with Crippen LogP contribution in [0.4, 0.5) is 4.39 Å². The largest absolute Gasteiger partial charge is 0.387 e. The number of aromatic nitrogens is 2. The fraction of sp³-hybridized carbons (Fsp3) is 0.333. The summed E-state index contributed by atoms with van der Waals surface area (Å²) in [5.74, 6) is -0.476. The topological polar surface area (TPSA) is 78.0 Å². The molecule has 1 amide bonds. The molecule has 0 aliphatic rings. The minimum atomic E-state index is -0.891. The highest BCUT2D eigenvalue weighted by molar-refractivity contribution is 5.92. The highest BCUT2D eigenvalue weighted by Gasteiger charge is 2.14. The Hall–Kier alpha value is -2.21. The van der Waals surface area contributed by atoms with Gasteiger partial charge < -0.3 is 10.4 Å². The average Bonchev–Trinajstić information content (AvgIpc) is 2.95. The van der Waals surface area contributed by atoms with Crippen molar-refractivity contribution in [1.29, 1.82) is 0 Å². The van der Waals surface area contributed by atoms with Crippen molar-refractivity contribution in [2.45, 2.75) is 25.9 Å². The Labute approximate surface area is 122 Å². The number of aliphatic hydroxyl groups is 1. The summed E-state index contributed by atoms with van der Waals surface area (Å²) in [5, 5.41) is 19.3. The van der Waals surface area contributed by atoms with Crippen molar-refractivity contribution in [3.8, 4) is 0 Å². The summed E-state index contributed by atoms with van der Waals surface area (Å²) in [4.78, 5) is 11.9. The normalized spacial score (nSPS) is 12.4. The van der Waals surface area contributed by atoms with E-state index in [4.69, 9.17) is 0 Å². The quantitative estimate of drug-likeness (QED) is 0.789. The molecule has 1 atom stereocenters. The summed E-state index contributed by atoms with van der Waals surface area (Å²) in [5.41, 5.74) is 1.70. The first-order chi connectivity index (χ1) is 9.97. The number of aliphatic hydroxyl groups excluding tert-OH is 1. The number of rotatable bonds is 5. The molecule has 0 aliphatic heterocycles. The number of halogens is 1. The molecule has 0 radical (unpaired) electrons. The third kappa shape index (κ3) is 3.88. The maximum atomic E-state index is 12.8. The van der Waals surface area contributed by atoms with E-state index in [2.05, 4.69) is 15.5 Å². The average molecular weight is 291 g/mol. The second-order valence-corrected chi connectivity index (χ2v) is 5.14. The minimum Gasteiger partial charge on any atom is -0.387 e. The molecule has 21 heavy (non-hydrogen) atoms. The van der Waals surface area contributed by atoms with Gasteiger partial charge >= 0.3 is 0 Å². The van der Waals surface area contributed by atoms with Crippen molar-refractivity contribution in [3.63, 3.8) is 0 Å². The van der Waals surface area contributed by atoms with Gasteiger partial charge in [-0.05, 0) is 29.7 Å². The van der Waals surface area contributed by atoms with E-state index in [1.807, 2.05) is 13.8 Å². The number of aromatic amines is 1. The second-order valence-electron chi connectivity index (χ2n) is 5.14. The predicted molar refractivity (Wildman–Crippen MR) is 76.4 cm³/mol. The van der Waals surface area contributed by atoms with Crippen molar-refractivity contribution >= 4 is 5.91 Å². The monoisotopic (exact) mass is 291 g/mol. The molecule has 1 aromatic carbocycles. The van der Waals surface area contributed by atoms with Gasteiger partial charge in [0.2, 0.25) is 0 Å². The number of hydrogen-bond acceptors (Lipinski definition) is 3. The lowest BCUT2D eigenvalue weighted by atomic mass is 10.1. The van der Waals surface area contributed by atoms with Crippen molar-refractivity contribution < 1.29 is 14.3 Å². The van der Waals surface area contributed by atoms with Gasteiger partial charge in [0, 0.05) is 12.2 Å². The highest BCUT2D eigenvalue weighted by atomic mass is 19.1. The van der Waals surface area contributed by atoms with Crippen molar-refractivity contribution in [2.75, 3.05) is 6.54 Å². The third-order valence-electron chi connectivity index (χ3n) is 3.16. The summed E-state index contributed by atoms with van der Waals surface area (Å²) < 4.78 is 12.8. The van der Waals surface area contributed by atoms with Crippen LogP contribution in [0.1, 0.15) is 47.6 Å². The lowest BCUT2D eigenvalue weighted by Crippen LogP contribution is -2.28. The molecule has 0 fully saturated rings. The first-order valence-corrected chi connectivity index (χ1v) is 6.74. The molecule has 5 nitrogen and oxygen atoms in total. The first-order valence-electron chi connectivity index (χ1n) is 6.74. The maximum Gasteiger partial charge on any atom is 0.271 e. The fourth-order valence-electron chi connectivity index (χ4n) is 1.83. The number of H-pyrrole nitrogens is 1. The van der Waals surface area contributed by atoms with Gasteiger partial charge in [-0.25, -0.2) is 4.39 Å². The van der Waals surface area contributed by atoms with Gasteiger partial charge in [0.25, 0.3) is 5.91 Å². The summed E-state index contributed by atoms with van der Waals surface area (Å²) in [6, 6.07) is 7.19. The maximum absolute atomic E-state index is 12.8. The molecule has 0 saturated carbocycles. The number of nitrogens with one attached hydrogen (secondary N) is 2. The van der Waals surface area contributed by atoms with Crippen LogP contribution >= 0.6 is 0 Å². The van der Waals surface area contributed by atoms with Crippen LogP contribution in [0.2, 0.25) is 0 Å². The minimum absolute atomic E-state index is 0.0360. The van der Waals surface area contributed by atoms with Gasteiger partial charge in [0.1, 0.15) is 11.5 Å². The van der Waals surface area contributed by atoms with Crippen LogP contribution in [0.25, 0.3) is 0 Å². The van der Waals surface area contributed by atoms with Crippen molar-refractivity contribution in [3.05, 3.63) is 53.1 Å². The molecule has 0 spiro atoms. The van der Waals surface area contributed by atoms with E-state index in [1.54, 1.807) is 6.07 Å². The third-order valence-corrected chi connectivity index (χ3v) is 3.16. The first kappa shape index (κ1) is 15.2. The zero-order valence-corrected chi connectivity index (χ0v) is 11.9. The molecule has 6 heteroatoms. The van der Waals surface area contributed by atoms with Crippen molar-refractivity contribution in [1.82, 2.24) is 15.5 Å². The van der Waals surface area contributed by atoms with Gasteiger partial charge in [0.15, 0.2) is 0 Å². The summed E-state index contributed by atoms with van der Waals surface area (Å²) >= 11 is 0. The smallest absolute Gasteiger partial charge is 0.271 e. The molecule has 2 aromatic rings. The Morgan fingerprint density at radius 2 is 2.05 bits per heavy atom. The predicted octanol–water partition coefficient (Wildman–Crippen LogP) is 2.14. The molecular formula is C15H18FN3O2. The van der Waals surface area contributed by atoms with Crippen LogP contribution in [0.3, 0.4) is 0 Å². The van der Waals surface area contributed by atoms with Gasteiger partial charge in [-0.3, -0.25) is 9.89 Å². The Morgan fingerprint density at radius 1 is 1.38 bits per heavy atom. The van der Waals surface area contributed by atoms with Crippen LogP contribution in [0.5, 0.6) is 0 Å². The van der Waals surface area contributed by atoms with E-state index in [9.17, 15) is 14.3 Å². The van der Waals surface area contributed by atoms with E-state index in [0.717, 1.165) is 5.69 Å². The molecule has 0 saturated heterocycles. The molecule has 2 rings (SSSR count). The van der Waals surface area contributed by atoms with E-state index < -0.39 is 6.10 Å². The van der Waals surface area contributed by atoms with Crippen LogP contribution in [-0.4, -0.2) is 27.8 Å². The van der Waals surface area contributed by atoms with E-state index in [0.29, 0.717) is 5.56 Å². The fourth-order valence-corrected chi connectivity index (χ4v) is 1.83. The molecule has 0 aliphatic carbocycles. The van der Waals surface area contributed by atoms with Gasteiger partial charge in [0.05, 0.1) is 6.10 Å². The lowest BCUT2D eigenvalue weighted by Gasteiger charge is -2.11. The summed E-state index contributed by atoms with van der Waals surface area (Å²) in [6.45, 7) is 4.02. The van der Waals surface area contributed by atoms with Gasteiger partial charge in [-0.2, -0.15) is 5.10 Å². The van der Waals surface area contributed by atoms with E-state index >= 15 is 0 Å². The Bertz CT molecular complexity index is 608. The van der Waals surface area contributed by atoms with Crippen LogP contribution in [-0.2, 0) is 0 Å². The van der Waals surface area contributed by atoms with Crippen molar-refractivity contribution in [2.24, 2.45) is 0 Å². The standard InChI is InChI=1S/C15H18FN3O2/c1-9(2)12-7-13(19-18-12)15(21)17-8-14(20)10-3-5-11(16)6-4-10/h3-7,9,14,20H,8H2,1-2H3,(H,17,21)(H,18,19). The van der Waals surface area contributed by atoms with Crippen LogP contribution in [0.15, 0.2) is 30.3 Å². The molecule has 112 valence electrons.